The molecule has 0 saturated carbocycles. The number of nitrogens with one attached hydrogen (secondary N) is 3. The van der Waals surface area contributed by atoms with Crippen LogP contribution >= 0.6 is 0 Å². The Morgan fingerprint density at radius 1 is 1.31 bits per heavy atom. The zero-order valence-electron chi connectivity index (χ0n) is 16.5. The number of carbonyl (C=O) groups is 2. The molecule has 0 fully saturated rings. The molecule has 1 aromatic heterocycles. The molecule has 1 amide bonds. The van der Waals surface area contributed by atoms with Gasteiger partial charge < -0.3 is 20.7 Å². The highest BCUT2D eigenvalue weighted by molar-refractivity contribution is 5.99. The third-order valence-corrected chi connectivity index (χ3v) is 4.18. The Hall–Kier alpha value is -3.49. The summed E-state index contributed by atoms with van der Waals surface area (Å²) in [5.74, 6) is 1.17. The average molecular weight is 396 g/mol. The SMILES string of the molecule is C=CC(=O)OCCCNc1nc(Nc2ccc3c(c2)NC(=O)C3)nc(C(C)C)n1. The van der Waals surface area contributed by atoms with E-state index < -0.39 is 5.97 Å². The first-order valence-corrected chi connectivity index (χ1v) is 9.43. The fraction of sp³-hybridized carbons (Fsp3) is 0.350. The molecule has 3 rings (SSSR count). The molecule has 1 aromatic carbocycles. The monoisotopic (exact) mass is 396 g/mol. The predicted octanol–water partition coefficient (Wildman–Crippen LogP) is 2.76. The van der Waals surface area contributed by atoms with E-state index in [9.17, 15) is 9.59 Å². The standard InChI is InChI=1S/C20H24N6O3/c1-4-17(28)29-9-5-8-21-19-24-18(12(2)3)25-20(26-19)22-14-7-6-13-10-16(27)23-15(13)11-14/h4,6-7,11-12H,1,5,8-10H2,2-3H3,(H,23,27)(H2,21,22,24,25,26). The fourth-order valence-electron chi connectivity index (χ4n) is 2.71. The summed E-state index contributed by atoms with van der Waals surface area (Å²) in [6.45, 7) is 8.18. The highest BCUT2D eigenvalue weighted by Crippen LogP contribution is 2.27. The van der Waals surface area contributed by atoms with Crippen LogP contribution in [0.25, 0.3) is 0 Å². The largest absolute Gasteiger partial charge is 0.462 e. The van der Waals surface area contributed by atoms with Crippen LogP contribution in [0, 0.1) is 0 Å². The molecule has 152 valence electrons. The number of anilines is 4. The Bertz CT molecular complexity index is 928. The smallest absolute Gasteiger partial charge is 0.330 e. The summed E-state index contributed by atoms with van der Waals surface area (Å²) in [5.41, 5.74) is 2.54. The highest BCUT2D eigenvalue weighted by atomic mass is 16.5. The van der Waals surface area contributed by atoms with Crippen molar-refractivity contribution in [2.45, 2.75) is 32.6 Å². The number of benzene rings is 1. The molecule has 29 heavy (non-hydrogen) atoms. The highest BCUT2D eigenvalue weighted by Gasteiger charge is 2.18. The van der Waals surface area contributed by atoms with Gasteiger partial charge in [0.25, 0.3) is 0 Å². The van der Waals surface area contributed by atoms with E-state index in [1.165, 1.54) is 0 Å². The summed E-state index contributed by atoms with van der Waals surface area (Å²) in [7, 11) is 0. The first kappa shape index (κ1) is 20.2. The van der Waals surface area contributed by atoms with Crippen LogP contribution in [0.2, 0.25) is 0 Å². The second-order valence-corrected chi connectivity index (χ2v) is 6.87. The van der Waals surface area contributed by atoms with E-state index >= 15 is 0 Å². The normalized spacial score (nSPS) is 12.3. The number of hydrogen-bond acceptors (Lipinski definition) is 8. The van der Waals surface area contributed by atoms with Gasteiger partial charge in [-0.3, -0.25) is 4.79 Å². The van der Waals surface area contributed by atoms with Crippen molar-refractivity contribution in [3.8, 4) is 0 Å². The van der Waals surface area contributed by atoms with Gasteiger partial charge in [0.05, 0.1) is 13.0 Å². The summed E-state index contributed by atoms with van der Waals surface area (Å²) in [4.78, 5) is 35.9. The van der Waals surface area contributed by atoms with E-state index in [4.69, 9.17) is 4.74 Å². The number of fused-ring (bicyclic) bond motifs is 1. The van der Waals surface area contributed by atoms with Crippen molar-refractivity contribution in [1.29, 1.82) is 0 Å². The molecule has 9 heteroatoms. The summed E-state index contributed by atoms with van der Waals surface area (Å²) >= 11 is 0. The van der Waals surface area contributed by atoms with E-state index in [0.717, 1.165) is 23.0 Å². The van der Waals surface area contributed by atoms with Gasteiger partial charge in [-0.25, -0.2) is 4.79 Å². The molecule has 2 aromatic rings. The number of nitrogens with zero attached hydrogens (tertiary/aromatic N) is 3. The van der Waals surface area contributed by atoms with Crippen molar-refractivity contribution in [2.24, 2.45) is 0 Å². The van der Waals surface area contributed by atoms with Crippen molar-refractivity contribution in [3.05, 3.63) is 42.2 Å². The lowest BCUT2D eigenvalue weighted by Crippen LogP contribution is -2.13. The van der Waals surface area contributed by atoms with Gasteiger partial charge in [0.2, 0.25) is 17.8 Å². The van der Waals surface area contributed by atoms with Crippen molar-refractivity contribution in [3.63, 3.8) is 0 Å². The number of carbonyl (C=O) groups excluding carboxylic acids is 2. The summed E-state index contributed by atoms with van der Waals surface area (Å²) in [6, 6.07) is 5.66. The lowest BCUT2D eigenvalue weighted by molar-refractivity contribution is -0.137. The van der Waals surface area contributed by atoms with Crippen LogP contribution in [0.15, 0.2) is 30.9 Å². The van der Waals surface area contributed by atoms with E-state index in [-0.39, 0.29) is 18.4 Å². The predicted molar refractivity (Wildman–Crippen MR) is 110 cm³/mol. The molecular weight excluding hydrogens is 372 g/mol. The maximum absolute atomic E-state index is 11.5. The van der Waals surface area contributed by atoms with Gasteiger partial charge in [-0.15, -0.1) is 0 Å². The van der Waals surface area contributed by atoms with Gasteiger partial charge in [0.1, 0.15) is 5.82 Å². The lowest BCUT2D eigenvalue weighted by atomic mass is 10.1. The van der Waals surface area contributed by atoms with Gasteiger partial charge in [0, 0.05) is 29.9 Å². The number of hydrogen-bond donors (Lipinski definition) is 3. The first-order chi connectivity index (χ1) is 13.9. The first-order valence-electron chi connectivity index (χ1n) is 9.43. The van der Waals surface area contributed by atoms with Crippen molar-refractivity contribution in [1.82, 2.24) is 15.0 Å². The van der Waals surface area contributed by atoms with Gasteiger partial charge >= 0.3 is 5.97 Å². The van der Waals surface area contributed by atoms with Crippen LogP contribution in [0.1, 0.15) is 37.6 Å². The average Bonchev–Trinajstić information content (AvgIpc) is 3.06. The topological polar surface area (TPSA) is 118 Å². The van der Waals surface area contributed by atoms with Crippen LogP contribution in [0.5, 0.6) is 0 Å². The molecule has 0 radical (unpaired) electrons. The van der Waals surface area contributed by atoms with Crippen LogP contribution in [0.4, 0.5) is 23.3 Å². The van der Waals surface area contributed by atoms with Crippen LogP contribution in [-0.4, -0.2) is 40.0 Å². The van der Waals surface area contributed by atoms with E-state index in [1.807, 2.05) is 32.0 Å². The number of amides is 1. The molecule has 0 unspecified atom stereocenters. The summed E-state index contributed by atoms with van der Waals surface area (Å²) in [6.07, 6.45) is 2.14. The number of esters is 1. The molecule has 1 aliphatic heterocycles. The summed E-state index contributed by atoms with van der Waals surface area (Å²) < 4.78 is 4.95. The molecule has 2 heterocycles. The van der Waals surface area contributed by atoms with E-state index in [2.05, 4.69) is 37.5 Å². The van der Waals surface area contributed by atoms with Crippen LogP contribution in [0.3, 0.4) is 0 Å². The van der Waals surface area contributed by atoms with Crippen molar-refractivity contribution >= 4 is 35.1 Å². The van der Waals surface area contributed by atoms with Crippen molar-refractivity contribution in [2.75, 3.05) is 29.1 Å². The molecule has 0 aliphatic carbocycles. The van der Waals surface area contributed by atoms with Gasteiger partial charge in [-0.2, -0.15) is 15.0 Å². The van der Waals surface area contributed by atoms with Crippen molar-refractivity contribution < 1.29 is 14.3 Å². The maximum atomic E-state index is 11.5. The minimum absolute atomic E-state index is 0.00957. The second kappa shape index (κ2) is 9.13. The van der Waals surface area contributed by atoms with E-state index in [0.29, 0.717) is 37.1 Å². The molecule has 0 spiro atoms. The molecule has 0 saturated heterocycles. The number of rotatable bonds is 9. The Balaban J connectivity index is 1.67. The van der Waals surface area contributed by atoms with Gasteiger partial charge in [-0.05, 0) is 24.1 Å². The van der Waals surface area contributed by atoms with E-state index in [1.54, 1.807) is 0 Å². The molecule has 0 atom stereocenters. The quantitative estimate of drug-likeness (QED) is 0.336. The van der Waals surface area contributed by atoms with Gasteiger partial charge in [0.15, 0.2) is 0 Å². The minimum Gasteiger partial charge on any atom is -0.462 e. The lowest BCUT2D eigenvalue weighted by Gasteiger charge is -2.12. The summed E-state index contributed by atoms with van der Waals surface area (Å²) in [5, 5.41) is 9.13. The van der Waals surface area contributed by atoms with Crippen LogP contribution in [-0.2, 0) is 20.7 Å². The Labute approximate surface area is 169 Å². The Kier molecular flexibility index (Phi) is 6.38. The third-order valence-electron chi connectivity index (χ3n) is 4.18. The molecule has 9 nitrogen and oxygen atoms in total. The number of aromatic nitrogens is 3. The maximum Gasteiger partial charge on any atom is 0.330 e. The minimum atomic E-state index is -0.440. The Morgan fingerprint density at radius 2 is 2.10 bits per heavy atom. The van der Waals surface area contributed by atoms with Crippen LogP contribution < -0.4 is 16.0 Å². The zero-order chi connectivity index (χ0) is 20.8. The fourth-order valence-corrected chi connectivity index (χ4v) is 2.71. The molecular formula is C20H24N6O3. The Morgan fingerprint density at radius 3 is 2.86 bits per heavy atom. The third kappa shape index (κ3) is 5.50. The second-order valence-electron chi connectivity index (χ2n) is 6.87. The molecule has 3 N–H and O–H groups in total. The number of ether oxygens (including phenoxy) is 1. The molecule has 1 aliphatic rings. The zero-order valence-corrected chi connectivity index (χ0v) is 16.5. The van der Waals surface area contributed by atoms with Gasteiger partial charge in [-0.1, -0.05) is 26.5 Å². The molecule has 0 bridgehead atoms.